The van der Waals surface area contributed by atoms with Gasteiger partial charge in [-0.2, -0.15) is 0 Å². The minimum atomic E-state index is -0.583. The van der Waals surface area contributed by atoms with Gasteiger partial charge in [-0.25, -0.2) is 4.98 Å². The number of hydrogen-bond donors (Lipinski definition) is 2. The number of imidazole rings is 1. The summed E-state index contributed by atoms with van der Waals surface area (Å²) in [5.41, 5.74) is 6.54. The fourth-order valence-electron chi connectivity index (χ4n) is 1.76. The summed E-state index contributed by atoms with van der Waals surface area (Å²) in [5.74, 6) is -0.527. The largest absolute Gasteiger partial charge is 0.364 e. The Kier molecular flexibility index (Phi) is 3.61. The molecule has 2 rings (SSSR count). The summed E-state index contributed by atoms with van der Waals surface area (Å²) in [4.78, 5) is 26.5. The van der Waals surface area contributed by atoms with Crippen molar-refractivity contribution in [1.82, 2.24) is 9.55 Å². The van der Waals surface area contributed by atoms with Gasteiger partial charge < -0.3 is 10.3 Å². The Bertz CT molecular complexity index is 604. The van der Waals surface area contributed by atoms with Gasteiger partial charge in [0.15, 0.2) is 0 Å². The van der Waals surface area contributed by atoms with Crippen molar-refractivity contribution >= 4 is 17.8 Å². The molecule has 0 aliphatic carbocycles. The number of aromatic nitrogens is 2. The highest BCUT2D eigenvalue weighted by Gasteiger charge is 2.15. The highest BCUT2D eigenvalue weighted by Crippen LogP contribution is 2.13. The quantitative estimate of drug-likeness (QED) is 0.856. The molecule has 0 aliphatic rings. The number of primary amides is 1. The van der Waals surface area contributed by atoms with Crippen LogP contribution in [0.3, 0.4) is 0 Å². The van der Waals surface area contributed by atoms with Crippen LogP contribution in [0.15, 0.2) is 36.5 Å². The van der Waals surface area contributed by atoms with Gasteiger partial charge in [0.25, 0.3) is 5.91 Å². The number of nitrogens with one attached hydrogen (secondary N) is 1. The lowest BCUT2D eigenvalue weighted by atomic mass is 10.2. The van der Waals surface area contributed by atoms with Crippen molar-refractivity contribution in [2.75, 3.05) is 5.32 Å². The molecule has 0 aliphatic heterocycles. The Balaban J connectivity index is 2.37. The number of carbonyl (C=O) groups is 2. The van der Waals surface area contributed by atoms with Gasteiger partial charge in [0.05, 0.1) is 12.7 Å². The SMILES string of the molecule is CC(=O)Nc1ncc(C(N)=O)n1Cc1ccccc1. The molecule has 0 fully saturated rings. The number of nitrogens with zero attached hydrogens (tertiary/aromatic N) is 2. The molecule has 0 bridgehead atoms. The van der Waals surface area contributed by atoms with E-state index in [1.54, 1.807) is 4.57 Å². The van der Waals surface area contributed by atoms with Crippen molar-refractivity contribution in [2.24, 2.45) is 5.73 Å². The third-order valence-corrected chi connectivity index (χ3v) is 2.58. The van der Waals surface area contributed by atoms with Gasteiger partial charge in [-0.3, -0.25) is 14.9 Å². The number of amides is 2. The average molecular weight is 258 g/mol. The normalized spacial score (nSPS) is 10.2. The number of benzene rings is 1. The Morgan fingerprint density at radius 2 is 2.00 bits per heavy atom. The lowest BCUT2D eigenvalue weighted by molar-refractivity contribution is -0.114. The van der Waals surface area contributed by atoms with E-state index in [1.807, 2.05) is 30.3 Å². The predicted octanol–water partition coefficient (Wildman–Crippen LogP) is 0.989. The van der Waals surface area contributed by atoms with Crippen molar-refractivity contribution < 1.29 is 9.59 Å². The van der Waals surface area contributed by atoms with Gasteiger partial charge in [0.2, 0.25) is 11.9 Å². The van der Waals surface area contributed by atoms with Crippen LogP contribution in [-0.2, 0) is 11.3 Å². The minimum Gasteiger partial charge on any atom is -0.364 e. The molecule has 98 valence electrons. The summed E-state index contributed by atoms with van der Waals surface area (Å²) in [5, 5.41) is 2.57. The molecule has 2 amide bonds. The molecule has 2 aromatic rings. The van der Waals surface area contributed by atoms with E-state index in [9.17, 15) is 9.59 Å². The molecule has 0 unspecified atom stereocenters. The summed E-state index contributed by atoms with van der Waals surface area (Å²) in [7, 11) is 0. The molecule has 6 nitrogen and oxygen atoms in total. The monoisotopic (exact) mass is 258 g/mol. The van der Waals surface area contributed by atoms with E-state index in [1.165, 1.54) is 13.1 Å². The molecule has 0 atom stereocenters. The first-order valence-electron chi connectivity index (χ1n) is 5.75. The smallest absolute Gasteiger partial charge is 0.267 e. The van der Waals surface area contributed by atoms with E-state index in [2.05, 4.69) is 10.3 Å². The van der Waals surface area contributed by atoms with Gasteiger partial charge in [0.1, 0.15) is 5.69 Å². The van der Waals surface area contributed by atoms with E-state index < -0.39 is 5.91 Å². The van der Waals surface area contributed by atoms with Gasteiger partial charge in [0, 0.05) is 6.92 Å². The average Bonchev–Trinajstić information content (AvgIpc) is 2.73. The maximum atomic E-state index is 11.4. The molecule has 3 N–H and O–H groups in total. The lowest BCUT2D eigenvalue weighted by Crippen LogP contribution is -2.20. The van der Waals surface area contributed by atoms with Crippen LogP contribution in [0.4, 0.5) is 5.95 Å². The van der Waals surface area contributed by atoms with Crippen molar-refractivity contribution in [3.05, 3.63) is 47.8 Å². The van der Waals surface area contributed by atoms with Crippen LogP contribution in [0, 0.1) is 0 Å². The second kappa shape index (κ2) is 5.34. The zero-order chi connectivity index (χ0) is 13.8. The molecule has 0 spiro atoms. The summed E-state index contributed by atoms with van der Waals surface area (Å²) >= 11 is 0. The van der Waals surface area contributed by atoms with Crippen LogP contribution in [0.1, 0.15) is 23.0 Å². The molecule has 0 saturated carbocycles. The molecule has 0 saturated heterocycles. The lowest BCUT2D eigenvalue weighted by Gasteiger charge is -2.10. The van der Waals surface area contributed by atoms with E-state index in [4.69, 9.17) is 5.73 Å². The first kappa shape index (κ1) is 12.8. The third-order valence-electron chi connectivity index (χ3n) is 2.58. The summed E-state index contributed by atoms with van der Waals surface area (Å²) in [6.07, 6.45) is 1.36. The number of rotatable bonds is 4. The van der Waals surface area contributed by atoms with Crippen LogP contribution in [0.5, 0.6) is 0 Å². The highest BCUT2D eigenvalue weighted by atomic mass is 16.2. The van der Waals surface area contributed by atoms with Crippen LogP contribution < -0.4 is 11.1 Å². The van der Waals surface area contributed by atoms with Crippen LogP contribution >= 0.6 is 0 Å². The minimum absolute atomic E-state index is 0.254. The maximum absolute atomic E-state index is 11.4. The first-order valence-corrected chi connectivity index (χ1v) is 5.75. The molecule has 6 heteroatoms. The first-order chi connectivity index (χ1) is 9.08. The number of nitrogens with two attached hydrogens (primary N) is 1. The molecule has 1 aromatic carbocycles. The Morgan fingerprint density at radius 3 is 2.58 bits per heavy atom. The number of carbonyl (C=O) groups excluding carboxylic acids is 2. The molecular formula is C13H14N4O2. The van der Waals surface area contributed by atoms with Crippen LogP contribution in [-0.4, -0.2) is 21.4 Å². The molecule has 1 heterocycles. The Morgan fingerprint density at radius 1 is 1.32 bits per heavy atom. The summed E-state index contributed by atoms with van der Waals surface area (Å²) < 4.78 is 1.58. The Labute approximate surface area is 110 Å². The molecule has 19 heavy (non-hydrogen) atoms. The van der Waals surface area contributed by atoms with E-state index in [0.717, 1.165) is 5.56 Å². The van der Waals surface area contributed by atoms with E-state index in [0.29, 0.717) is 12.5 Å². The molecular weight excluding hydrogens is 244 g/mol. The van der Waals surface area contributed by atoms with E-state index >= 15 is 0 Å². The van der Waals surface area contributed by atoms with Crippen molar-refractivity contribution in [3.8, 4) is 0 Å². The second-order valence-electron chi connectivity index (χ2n) is 4.08. The fraction of sp³-hybridized carbons (Fsp3) is 0.154. The fourth-order valence-corrected chi connectivity index (χ4v) is 1.76. The summed E-state index contributed by atoms with van der Waals surface area (Å²) in [6, 6.07) is 9.54. The topological polar surface area (TPSA) is 90.0 Å². The van der Waals surface area contributed by atoms with Gasteiger partial charge in [-0.15, -0.1) is 0 Å². The van der Waals surface area contributed by atoms with Crippen molar-refractivity contribution in [1.29, 1.82) is 0 Å². The van der Waals surface area contributed by atoms with E-state index in [-0.39, 0.29) is 11.6 Å². The second-order valence-corrected chi connectivity index (χ2v) is 4.08. The van der Waals surface area contributed by atoms with Crippen LogP contribution in [0.25, 0.3) is 0 Å². The van der Waals surface area contributed by atoms with Gasteiger partial charge >= 0.3 is 0 Å². The van der Waals surface area contributed by atoms with Gasteiger partial charge in [-0.05, 0) is 5.56 Å². The molecule has 0 radical (unpaired) electrons. The standard InChI is InChI=1S/C13H14N4O2/c1-9(18)16-13-15-7-11(12(14)19)17(13)8-10-5-3-2-4-6-10/h2-7H,8H2,1H3,(H2,14,19)(H,15,16,18). The highest BCUT2D eigenvalue weighted by molar-refractivity contribution is 5.93. The van der Waals surface area contributed by atoms with Crippen LogP contribution in [0.2, 0.25) is 0 Å². The maximum Gasteiger partial charge on any atom is 0.267 e. The zero-order valence-electron chi connectivity index (χ0n) is 10.5. The number of hydrogen-bond acceptors (Lipinski definition) is 3. The zero-order valence-corrected chi connectivity index (χ0v) is 10.5. The molecule has 1 aromatic heterocycles. The van der Waals surface area contributed by atoms with Gasteiger partial charge in [-0.1, -0.05) is 30.3 Å². The number of anilines is 1. The van der Waals surface area contributed by atoms with Crippen molar-refractivity contribution in [3.63, 3.8) is 0 Å². The third kappa shape index (κ3) is 2.98. The predicted molar refractivity (Wildman–Crippen MR) is 70.6 cm³/mol. The van der Waals surface area contributed by atoms with Crippen molar-refractivity contribution in [2.45, 2.75) is 13.5 Å². The Hall–Kier alpha value is -2.63. The summed E-state index contributed by atoms with van der Waals surface area (Å²) in [6.45, 7) is 1.79.